The molecule has 24 heavy (non-hydrogen) atoms. The Morgan fingerprint density at radius 3 is 2.04 bits per heavy atom. The summed E-state index contributed by atoms with van der Waals surface area (Å²) in [7, 11) is 0. The van der Waals surface area contributed by atoms with E-state index in [9.17, 15) is 4.79 Å². The Hall–Kier alpha value is -1.51. The molecule has 2 fully saturated rings. The van der Waals surface area contributed by atoms with E-state index >= 15 is 0 Å². The first kappa shape index (κ1) is 17.3. The Kier molecular flexibility index (Phi) is 6.17. The second kappa shape index (κ2) is 8.55. The summed E-state index contributed by atoms with van der Waals surface area (Å²) >= 11 is 0. The average Bonchev–Trinajstić information content (AvgIpc) is 2.63. The fraction of sp³-hybridized carbons (Fsp3) is 0.667. The molecule has 1 amide bonds. The quantitative estimate of drug-likeness (QED) is 0.771. The summed E-state index contributed by atoms with van der Waals surface area (Å²) in [5.74, 6) is 1.02. The van der Waals surface area contributed by atoms with Crippen LogP contribution < -0.4 is 4.74 Å². The van der Waals surface area contributed by atoms with Gasteiger partial charge in [-0.1, -0.05) is 56.7 Å². The van der Waals surface area contributed by atoms with Gasteiger partial charge in [0.2, 0.25) is 0 Å². The molecule has 0 atom stereocenters. The van der Waals surface area contributed by atoms with Crippen molar-refractivity contribution in [2.45, 2.75) is 83.2 Å². The Labute approximate surface area is 146 Å². The van der Waals surface area contributed by atoms with E-state index in [1.54, 1.807) is 0 Å². The predicted molar refractivity (Wildman–Crippen MR) is 97.3 cm³/mol. The number of aryl methyl sites for hydroxylation is 1. The van der Waals surface area contributed by atoms with Crippen LogP contribution >= 0.6 is 0 Å². The number of amides is 1. The smallest absolute Gasteiger partial charge is 0.261 e. The molecular formula is C21H31NO2. The maximum atomic E-state index is 13.0. The van der Waals surface area contributed by atoms with Crippen molar-refractivity contribution in [3.8, 4) is 5.75 Å². The maximum absolute atomic E-state index is 13.0. The number of carbonyl (C=O) groups excluding carboxylic acids is 1. The van der Waals surface area contributed by atoms with Crippen molar-refractivity contribution in [2.75, 3.05) is 6.61 Å². The summed E-state index contributed by atoms with van der Waals surface area (Å²) in [6.07, 6.45) is 12.4. The molecule has 0 heterocycles. The van der Waals surface area contributed by atoms with Gasteiger partial charge in [0.1, 0.15) is 5.75 Å². The Morgan fingerprint density at radius 1 is 0.958 bits per heavy atom. The lowest BCUT2D eigenvalue weighted by Gasteiger charge is -2.41. The molecule has 0 aromatic heterocycles. The van der Waals surface area contributed by atoms with Gasteiger partial charge in [0, 0.05) is 12.1 Å². The van der Waals surface area contributed by atoms with E-state index < -0.39 is 0 Å². The molecule has 0 radical (unpaired) electrons. The van der Waals surface area contributed by atoms with Crippen molar-refractivity contribution in [3.05, 3.63) is 29.8 Å². The number of hydrogen-bond acceptors (Lipinski definition) is 2. The highest BCUT2D eigenvalue weighted by Crippen LogP contribution is 2.30. The van der Waals surface area contributed by atoms with E-state index in [-0.39, 0.29) is 12.5 Å². The zero-order valence-electron chi connectivity index (χ0n) is 15.0. The molecule has 2 aliphatic carbocycles. The minimum atomic E-state index is 0.178. The number of para-hydroxylation sites is 1. The fourth-order valence-electron chi connectivity index (χ4n) is 4.36. The lowest BCUT2D eigenvalue weighted by molar-refractivity contribution is -0.140. The molecule has 0 spiro atoms. The Morgan fingerprint density at radius 2 is 1.50 bits per heavy atom. The first-order valence-corrected chi connectivity index (χ1v) is 9.75. The third-order valence-electron chi connectivity index (χ3n) is 5.67. The monoisotopic (exact) mass is 329 g/mol. The molecule has 1 aromatic rings. The van der Waals surface area contributed by atoms with Crippen LogP contribution in [0.1, 0.15) is 69.8 Å². The third-order valence-corrected chi connectivity index (χ3v) is 5.67. The first-order chi connectivity index (χ1) is 11.8. The van der Waals surface area contributed by atoms with Gasteiger partial charge in [-0.3, -0.25) is 4.79 Å². The van der Waals surface area contributed by atoms with Crippen LogP contribution in [-0.4, -0.2) is 29.5 Å². The van der Waals surface area contributed by atoms with E-state index in [1.165, 1.54) is 64.2 Å². The van der Waals surface area contributed by atoms with E-state index in [2.05, 4.69) is 4.90 Å². The van der Waals surface area contributed by atoms with Gasteiger partial charge in [0.15, 0.2) is 6.61 Å². The average molecular weight is 329 g/mol. The largest absolute Gasteiger partial charge is 0.484 e. The number of benzene rings is 1. The van der Waals surface area contributed by atoms with E-state index in [0.29, 0.717) is 12.1 Å². The van der Waals surface area contributed by atoms with Gasteiger partial charge in [0.25, 0.3) is 5.91 Å². The zero-order valence-corrected chi connectivity index (χ0v) is 15.0. The summed E-state index contributed by atoms with van der Waals surface area (Å²) in [5.41, 5.74) is 1.09. The summed E-state index contributed by atoms with van der Waals surface area (Å²) < 4.78 is 5.87. The lowest BCUT2D eigenvalue weighted by Crippen LogP contribution is -2.50. The standard InChI is InChI=1S/C21H31NO2/c1-17-10-8-9-15-20(17)24-16-21(23)22(18-11-4-2-5-12-18)19-13-6-3-7-14-19/h8-10,15,18-19H,2-7,11-14,16H2,1H3. The van der Waals surface area contributed by atoms with E-state index in [4.69, 9.17) is 4.74 Å². The first-order valence-electron chi connectivity index (χ1n) is 9.75. The van der Waals surface area contributed by atoms with E-state index in [0.717, 1.165) is 11.3 Å². The summed E-state index contributed by atoms with van der Waals surface area (Å²) in [4.78, 5) is 15.3. The van der Waals surface area contributed by atoms with Crippen molar-refractivity contribution in [3.63, 3.8) is 0 Å². The number of carbonyl (C=O) groups is 1. The second-order valence-corrected chi connectivity index (χ2v) is 7.44. The number of rotatable bonds is 5. The van der Waals surface area contributed by atoms with Gasteiger partial charge in [-0.25, -0.2) is 0 Å². The van der Waals surface area contributed by atoms with Crippen LogP contribution in [0.2, 0.25) is 0 Å². The van der Waals surface area contributed by atoms with Crippen LogP contribution in [0, 0.1) is 6.92 Å². The topological polar surface area (TPSA) is 29.5 Å². The normalized spacial score (nSPS) is 19.9. The Balaban J connectivity index is 1.66. The van der Waals surface area contributed by atoms with Gasteiger partial charge in [-0.15, -0.1) is 0 Å². The van der Waals surface area contributed by atoms with Gasteiger partial charge >= 0.3 is 0 Å². The zero-order chi connectivity index (χ0) is 16.8. The van der Waals surface area contributed by atoms with Crippen LogP contribution in [0.25, 0.3) is 0 Å². The maximum Gasteiger partial charge on any atom is 0.261 e. The van der Waals surface area contributed by atoms with Crippen LogP contribution in [0.15, 0.2) is 24.3 Å². The van der Waals surface area contributed by atoms with Gasteiger partial charge < -0.3 is 9.64 Å². The SMILES string of the molecule is Cc1ccccc1OCC(=O)N(C1CCCCC1)C1CCCCC1. The number of ether oxygens (including phenoxy) is 1. The van der Waals surface area contributed by atoms with Crippen LogP contribution in [0.5, 0.6) is 5.75 Å². The van der Waals surface area contributed by atoms with Crippen molar-refractivity contribution in [2.24, 2.45) is 0 Å². The highest BCUT2D eigenvalue weighted by molar-refractivity contribution is 5.78. The molecule has 0 saturated heterocycles. The molecule has 0 aliphatic heterocycles. The highest BCUT2D eigenvalue weighted by Gasteiger charge is 2.32. The molecule has 132 valence electrons. The molecular weight excluding hydrogens is 298 g/mol. The van der Waals surface area contributed by atoms with E-state index in [1.807, 2.05) is 31.2 Å². The molecule has 3 nitrogen and oxygen atoms in total. The summed E-state index contributed by atoms with van der Waals surface area (Å²) in [6, 6.07) is 8.82. The molecule has 2 aliphatic rings. The minimum absolute atomic E-state index is 0.178. The molecule has 0 N–H and O–H groups in total. The third kappa shape index (κ3) is 4.31. The highest BCUT2D eigenvalue weighted by atomic mass is 16.5. The molecule has 2 saturated carbocycles. The number of hydrogen-bond donors (Lipinski definition) is 0. The fourth-order valence-corrected chi connectivity index (χ4v) is 4.36. The lowest BCUT2D eigenvalue weighted by atomic mass is 9.88. The van der Waals surface area contributed by atoms with Crippen LogP contribution in [-0.2, 0) is 4.79 Å². The molecule has 3 heteroatoms. The van der Waals surface area contributed by atoms with Crippen LogP contribution in [0.3, 0.4) is 0 Å². The van der Waals surface area contributed by atoms with Gasteiger partial charge in [0.05, 0.1) is 0 Å². The van der Waals surface area contributed by atoms with Crippen molar-refractivity contribution < 1.29 is 9.53 Å². The molecule has 0 bridgehead atoms. The second-order valence-electron chi connectivity index (χ2n) is 7.44. The predicted octanol–water partition coefficient (Wildman–Crippen LogP) is 4.87. The van der Waals surface area contributed by atoms with Crippen LogP contribution in [0.4, 0.5) is 0 Å². The summed E-state index contributed by atoms with van der Waals surface area (Å²) in [5, 5.41) is 0. The minimum Gasteiger partial charge on any atom is -0.484 e. The van der Waals surface area contributed by atoms with Crippen molar-refractivity contribution >= 4 is 5.91 Å². The van der Waals surface area contributed by atoms with Gasteiger partial charge in [-0.2, -0.15) is 0 Å². The van der Waals surface area contributed by atoms with Crippen molar-refractivity contribution in [1.29, 1.82) is 0 Å². The molecule has 0 unspecified atom stereocenters. The summed E-state index contributed by atoms with van der Waals surface area (Å²) in [6.45, 7) is 2.21. The molecule has 3 rings (SSSR count). The van der Waals surface area contributed by atoms with Crippen molar-refractivity contribution in [1.82, 2.24) is 4.90 Å². The number of nitrogens with zero attached hydrogens (tertiary/aromatic N) is 1. The molecule has 1 aromatic carbocycles. The Bertz CT molecular complexity index is 512. The van der Waals surface area contributed by atoms with Gasteiger partial charge in [-0.05, 0) is 44.2 Å².